The lowest BCUT2D eigenvalue weighted by molar-refractivity contribution is 0.0835. The number of hydrogen-bond acceptors (Lipinski definition) is 3. The Morgan fingerprint density at radius 1 is 1.30 bits per heavy atom. The lowest BCUT2D eigenvalue weighted by Gasteiger charge is -2.18. The Morgan fingerprint density at radius 2 is 2.05 bits per heavy atom. The first-order valence-corrected chi connectivity index (χ1v) is 7.78. The fourth-order valence-corrected chi connectivity index (χ4v) is 3.46. The highest BCUT2D eigenvalue weighted by Gasteiger charge is 2.25. The highest BCUT2D eigenvalue weighted by molar-refractivity contribution is 5.94. The monoisotopic (exact) mass is 277 g/mol. The van der Waals surface area contributed by atoms with E-state index in [0.717, 1.165) is 49.8 Å². The molecule has 0 aliphatic heterocycles. The van der Waals surface area contributed by atoms with Crippen molar-refractivity contribution >= 4 is 5.91 Å². The van der Waals surface area contributed by atoms with Crippen LogP contribution in [0.4, 0.5) is 0 Å². The van der Waals surface area contributed by atoms with Crippen molar-refractivity contribution in [1.82, 2.24) is 15.5 Å². The molecule has 3 rings (SSSR count). The molecule has 1 fully saturated rings. The molecule has 0 spiro atoms. The van der Waals surface area contributed by atoms with Gasteiger partial charge in [0.05, 0.1) is 6.10 Å². The number of amides is 1. The molecule has 1 atom stereocenters. The normalized spacial score (nSPS) is 20.6. The average molecular weight is 277 g/mol. The fraction of sp³-hybridized carbons (Fsp3) is 0.733. The topological polar surface area (TPSA) is 78.0 Å². The van der Waals surface area contributed by atoms with E-state index in [1.807, 2.05) is 0 Å². The molecule has 0 bridgehead atoms. The number of carbonyl (C=O) groups excluding carboxylic acids is 1. The van der Waals surface area contributed by atoms with E-state index in [1.165, 1.54) is 12.8 Å². The summed E-state index contributed by atoms with van der Waals surface area (Å²) in [5.41, 5.74) is 2.71. The largest absolute Gasteiger partial charge is 0.391 e. The Labute approximate surface area is 119 Å². The Kier molecular flexibility index (Phi) is 4.05. The predicted octanol–water partition coefficient (Wildman–Crippen LogP) is 1.57. The van der Waals surface area contributed by atoms with Crippen LogP contribution < -0.4 is 5.32 Å². The Bertz CT molecular complexity index is 477. The molecule has 1 heterocycles. The van der Waals surface area contributed by atoms with Crippen LogP contribution in [0.25, 0.3) is 0 Å². The van der Waals surface area contributed by atoms with Crippen molar-refractivity contribution in [3.63, 3.8) is 0 Å². The quantitative estimate of drug-likeness (QED) is 0.781. The van der Waals surface area contributed by atoms with Gasteiger partial charge in [0.1, 0.15) is 0 Å². The first-order valence-electron chi connectivity index (χ1n) is 7.78. The Hall–Kier alpha value is -1.36. The minimum absolute atomic E-state index is 0.151. The number of rotatable bonds is 4. The maximum atomic E-state index is 12.2. The zero-order valence-corrected chi connectivity index (χ0v) is 11.8. The lowest BCUT2D eigenvalue weighted by Crippen LogP contribution is -2.36. The van der Waals surface area contributed by atoms with Crippen LogP contribution in [0.3, 0.4) is 0 Å². The highest BCUT2D eigenvalue weighted by atomic mass is 16.3. The van der Waals surface area contributed by atoms with Crippen LogP contribution >= 0.6 is 0 Å². The van der Waals surface area contributed by atoms with Gasteiger partial charge in [-0.3, -0.25) is 9.89 Å². The smallest absolute Gasteiger partial charge is 0.272 e. The van der Waals surface area contributed by atoms with Crippen molar-refractivity contribution in [2.24, 2.45) is 5.92 Å². The highest BCUT2D eigenvalue weighted by Crippen LogP contribution is 2.27. The van der Waals surface area contributed by atoms with Crippen molar-refractivity contribution in [1.29, 1.82) is 0 Å². The fourth-order valence-electron chi connectivity index (χ4n) is 3.46. The number of fused-ring (bicyclic) bond motifs is 1. The second kappa shape index (κ2) is 5.95. The number of aliphatic hydroxyl groups is 1. The summed E-state index contributed by atoms with van der Waals surface area (Å²) in [6.07, 6.45) is 8.33. The van der Waals surface area contributed by atoms with Gasteiger partial charge in [0.15, 0.2) is 5.69 Å². The van der Waals surface area contributed by atoms with Gasteiger partial charge < -0.3 is 10.4 Å². The summed E-state index contributed by atoms with van der Waals surface area (Å²) in [4.78, 5) is 12.2. The summed E-state index contributed by atoms with van der Waals surface area (Å²) in [6.45, 7) is 0.338. The zero-order valence-electron chi connectivity index (χ0n) is 11.8. The van der Waals surface area contributed by atoms with Crippen LogP contribution in [0, 0.1) is 5.92 Å². The summed E-state index contributed by atoms with van der Waals surface area (Å²) >= 11 is 0. The molecule has 5 nitrogen and oxygen atoms in total. The van der Waals surface area contributed by atoms with E-state index in [1.54, 1.807) is 0 Å². The number of nitrogens with zero attached hydrogens (tertiary/aromatic N) is 1. The van der Waals surface area contributed by atoms with E-state index in [9.17, 15) is 9.90 Å². The molecule has 2 aliphatic rings. The SMILES string of the molecule is O=C(NCC(O)C1CCCC1)c1n[nH]c2c1CCCC2. The molecule has 1 aromatic rings. The Balaban J connectivity index is 1.57. The van der Waals surface area contributed by atoms with E-state index in [4.69, 9.17) is 0 Å². The van der Waals surface area contributed by atoms with E-state index in [-0.39, 0.29) is 5.91 Å². The first-order chi connectivity index (χ1) is 9.75. The molecule has 1 saturated carbocycles. The van der Waals surface area contributed by atoms with Gasteiger partial charge in [0.2, 0.25) is 0 Å². The van der Waals surface area contributed by atoms with Crippen molar-refractivity contribution in [2.45, 2.75) is 57.5 Å². The average Bonchev–Trinajstić information content (AvgIpc) is 3.13. The van der Waals surface area contributed by atoms with Crippen LogP contribution in [0.15, 0.2) is 0 Å². The molecule has 20 heavy (non-hydrogen) atoms. The van der Waals surface area contributed by atoms with Gasteiger partial charge >= 0.3 is 0 Å². The van der Waals surface area contributed by atoms with Crippen LogP contribution in [0.1, 0.15) is 60.3 Å². The summed E-state index contributed by atoms with van der Waals surface area (Å²) in [5, 5.41) is 20.1. The lowest BCUT2D eigenvalue weighted by atomic mass is 9.95. The third-order valence-corrected chi connectivity index (χ3v) is 4.69. The molecule has 110 valence electrons. The molecule has 5 heteroatoms. The first kappa shape index (κ1) is 13.6. The summed E-state index contributed by atoms with van der Waals surface area (Å²) in [5.74, 6) is 0.199. The number of aromatic amines is 1. The second-order valence-corrected chi connectivity index (χ2v) is 6.06. The number of aryl methyl sites for hydroxylation is 1. The van der Waals surface area contributed by atoms with Gasteiger partial charge in [-0.1, -0.05) is 12.8 Å². The number of nitrogens with one attached hydrogen (secondary N) is 2. The molecule has 0 aromatic carbocycles. The van der Waals surface area contributed by atoms with E-state index in [2.05, 4.69) is 15.5 Å². The third-order valence-electron chi connectivity index (χ3n) is 4.69. The zero-order chi connectivity index (χ0) is 13.9. The molecule has 1 amide bonds. The molecule has 1 aromatic heterocycles. The molecule has 0 saturated heterocycles. The van der Waals surface area contributed by atoms with Crippen LogP contribution in [-0.2, 0) is 12.8 Å². The van der Waals surface area contributed by atoms with Gasteiger partial charge in [-0.05, 0) is 44.4 Å². The molecule has 0 radical (unpaired) electrons. The molecular weight excluding hydrogens is 254 g/mol. The standard InChI is InChI=1S/C15H23N3O2/c19-13(10-5-1-2-6-10)9-16-15(20)14-11-7-3-4-8-12(11)17-18-14/h10,13,19H,1-9H2,(H,16,20)(H,17,18). The Morgan fingerprint density at radius 3 is 2.85 bits per heavy atom. The second-order valence-electron chi connectivity index (χ2n) is 6.06. The van der Waals surface area contributed by atoms with Crippen molar-refractivity contribution in [3.8, 4) is 0 Å². The van der Waals surface area contributed by atoms with Crippen LogP contribution in [0.5, 0.6) is 0 Å². The van der Waals surface area contributed by atoms with Crippen molar-refractivity contribution < 1.29 is 9.90 Å². The van der Waals surface area contributed by atoms with E-state index >= 15 is 0 Å². The predicted molar refractivity (Wildman–Crippen MR) is 75.5 cm³/mol. The van der Waals surface area contributed by atoms with Gasteiger partial charge in [-0.15, -0.1) is 0 Å². The molecule has 3 N–H and O–H groups in total. The third kappa shape index (κ3) is 2.73. The van der Waals surface area contributed by atoms with Crippen molar-refractivity contribution in [2.75, 3.05) is 6.54 Å². The number of H-pyrrole nitrogens is 1. The summed E-state index contributed by atoms with van der Waals surface area (Å²) in [7, 11) is 0. The van der Waals surface area contributed by atoms with E-state index in [0.29, 0.717) is 18.2 Å². The van der Waals surface area contributed by atoms with Gasteiger partial charge in [-0.2, -0.15) is 5.10 Å². The van der Waals surface area contributed by atoms with Crippen molar-refractivity contribution in [3.05, 3.63) is 17.0 Å². The minimum atomic E-state index is -0.420. The van der Waals surface area contributed by atoms with Crippen LogP contribution in [-0.4, -0.2) is 33.9 Å². The number of aliphatic hydroxyl groups excluding tert-OH is 1. The molecule has 2 aliphatic carbocycles. The van der Waals surface area contributed by atoms with Gasteiger partial charge in [0, 0.05) is 17.8 Å². The summed E-state index contributed by atoms with van der Waals surface area (Å²) < 4.78 is 0. The number of hydrogen-bond donors (Lipinski definition) is 3. The molecular formula is C15H23N3O2. The maximum absolute atomic E-state index is 12.2. The van der Waals surface area contributed by atoms with Gasteiger partial charge in [-0.25, -0.2) is 0 Å². The van der Waals surface area contributed by atoms with Gasteiger partial charge in [0.25, 0.3) is 5.91 Å². The summed E-state index contributed by atoms with van der Waals surface area (Å²) in [6, 6.07) is 0. The number of aromatic nitrogens is 2. The minimum Gasteiger partial charge on any atom is -0.391 e. The van der Waals surface area contributed by atoms with E-state index < -0.39 is 6.10 Å². The molecule has 1 unspecified atom stereocenters. The number of carbonyl (C=O) groups is 1. The maximum Gasteiger partial charge on any atom is 0.272 e. The van der Waals surface area contributed by atoms with Crippen LogP contribution in [0.2, 0.25) is 0 Å².